The lowest BCUT2D eigenvalue weighted by Gasteiger charge is -2.08. The predicted octanol–water partition coefficient (Wildman–Crippen LogP) is 2.79. The van der Waals surface area contributed by atoms with E-state index in [0.29, 0.717) is 0 Å². The monoisotopic (exact) mass is 271 g/mol. The summed E-state index contributed by atoms with van der Waals surface area (Å²) >= 11 is 0. The molecule has 2 aromatic carbocycles. The lowest BCUT2D eigenvalue weighted by atomic mass is 10.1. The minimum atomic E-state index is -0.832. The molecule has 5 nitrogen and oxygen atoms in total. The molecule has 0 radical (unpaired) electrons. The van der Waals surface area contributed by atoms with Crippen molar-refractivity contribution >= 4 is 17.3 Å². The average molecular weight is 271 g/mol. The van der Waals surface area contributed by atoms with E-state index in [-0.39, 0.29) is 13.2 Å². The van der Waals surface area contributed by atoms with Crippen molar-refractivity contribution in [2.24, 2.45) is 0 Å². The molecule has 2 aromatic rings. The van der Waals surface area contributed by atoms with Crippen molar-refractivity contribution in [1.29, 1.82) is 0 Å². The first kappa shape index (κ1) is 12.3. The van der Waals surface area contributed by atoms with Gasteiger partial charge < -0.3 is 19.9 Å². The molecular weight excluding hydrogens is 258 g/mol. The molecule has 0 fully saturated rings. The van der Waals surface area contributed by atoms with E-state index in [4.69, 9.17) is 14.6 Å². The summed E-state index contributed by atoms with van der Waals surface area (Å²) in [6.07, 6.45) is 0.0320. The van der Waals surface area contributed by atoms with Gasteiger partial charge in [0.2, 0.25) is 6.79 Å². The van der Waals surface area contributed by atoms with Crippen LogP contribution in [0.4, 0.5) is 11.4 Å². The van der Waals surface area contributed by atoms with Crippen molar-refractivity contribution in [3.8, 4) is 11.5 Å². The topological polar surface area (TPSA) is 67.8 Å². The summed E-state index contributed by atoms with van der Waals surface area (Å²) < 4.78 is 10.6. The molecule has 3 rings (SSSR count). The highest BCUT2D eigenvalue weighted by atomic mass is 16.7. The van der Waals surface area contributed by atoms with Crippen LogP contribution in [-0.2, 0) is 11.2 Å². The third-order valence-corrected chi connectivity index (χ3v) is 2.97. The Morgan fingerprint density at radius 2 is 1.75 bits per heavy atom. The molecule has 0 saturated carbocycles. The predicted molar refractivity (Wildman–Crippen MR) is 73.6 cm³/mol. The molecule has 0 saturated heterocycles. The van der Waals surface area contributed by atoms with E-state index in [2.05, 4.69) is 5.32 Å². The van der Waals surface area contributed by atoms with Gasteiger partial charge in [0.25, 0.3) is 0 Å². The summed E-state index contributed by atoms with van der Waals surface area (Å²) in [5.41, 5.74) is 2.55. The molecule has 102 valence electrons. The maximum Gasteiger partial charge on any atom is 0.307 e. The van der Waals surface area contributed by atoms with E-state index in [9.17, 15) is 4.79 Å². The van der Waals surface area contributed by atoms with Crippen molar-refractivity contribution in [3.05, 3.63) is 48.0 Å². The molecule has 1 aliphatic rings. The Morgan fingerprint density at radius 1 is 1.05 bits per heavy atom. The summed E-state index contributed by atoms with van der Waals surface area (Å²) in [6.45, 7) is 0.253. The van der Waals surface area contributed by atoms with Crippen molar-refractivity contribution in [1.82, 2.24) is 0 Å². The first-order valence-corrected chi connectivity index (χ1v) is 6.18. The van der Waals surface area contributed by atoms with Crippen LogP contribution in [0.5, 0.6) is 11.5 Å². The smallest absolute Gasteiger partial charge is 0.307 e. The number of carbonyl (C=O) groups is 1. The Hall–Kier alpha value is -2.69. The highest BCUT2D eigenvalue weighted by Gasteiger charge is 2.13. The lowest BCUT2D eigenvalue weighted by molar-refractivity contribution is -0.136. The van der Waals surface area contributed by atoms with E-state index >= 15 is 0 Å². The van der Waals surface area contributed by atoms with Crippen LogP contribution < -0.4 is 14.8 Å². The average Bonchev–Trinajstić information content (AvgIpc) is 2.88. The Balaban J connectivity index is 1.72. The molecule has 0 bridgehead atoms. The van der Waals surface area contributed by atoms with Crippen molar-refractivity contribution in [3.63, 3.8) is 0 Å². The standard InChI is InChI=1S/C15H13NO4/c17-15(18)7-10-1-3-11(4-2-10)16-12-5-6-13-14(8-12)20-9-19-13/h1-6,8,16H,7,9H2,(H,17,18). The number of carboxylic acids is 1. The Labute approximate surface area is 115 Å². The Bertz CT molecular complexity index is 637. The summed E-state index contributed by atoms with van der Waals surface area (Å²) in [5, 5.41) is 12.0. The SMILES string of the molecule is O=C(O)Cc1ccc(Nc2ccc3c(c2)OCO3)cc1. The number of carboxylic acid groups (broad SMARTS) is 1. The van der Waals surface area contributed by atoms with Gasteiger partial charge in [-0.3, -0.25) is 4.79 Å². The Kier molecular flexibility index (Phi) is 3.16. The van der Waals surface area contributed by atoms with Crippen LogP contribution in [0.25, 0.3) is 0 Å². The molecule has 0 atom stereocenters. The fourth-order valence-electron chi connectivity index (χ4n) is 2.02. The zero-order valence-corrected chi connectivity index (χ0v) is 10.6. The second kappa shape index (κ2) is 5.13. The van der Waals surface area contributed by atoms with E-state index in [0.717, 1.165) is 28.4 Å². The number of hydrogen-bond acceptors (Lipinski definition) is 4. The van der Waals surface area contributed by atoms with Crippen LogP contribution in [-0.4, -0.2) is 17.9 Å². The van der Waals surface area contributed by atoms with Crippen LogP contribution in [0.3, 0.4) is 0 Å². The van der Waals surface area contributed by atoms with Gasteiger partial charge in [0.15, 0.2) is 11.5 Å². The first-order chi connectivity index (χ1) is 9.70. The minimum absolute atomic E-state index is 0.0320. The van der Waals surface area contributed by atoms with E-state index in [1.807, 2.05) is 30.3 Å². The van der Waals surface area contributed by atoms with E-state index < -0.39 is 5.97 Å². The van der Waals surface area contributed by atoms with E-state index in [1.54, 1.807) is 12.1 Å². The normalized spacial score (nSPS) is 12.2. The van der Waals surface area contributed by atoms with Crippen LogP contribution in [0.15, 0.2) is 42.5 Å². The first-order valence-electron chi connectivity index (χ1n) is 6.18. The van der Waals surface area contributed by atoms with E-state index in [1.165, 1.54) is 0 Å². The second-order valence-electron chi connectivity index (χ2n) is 4.46. The number of fused-ring (bicyclic) bond motifs is 1. The van der Waals surface area contributed by atoms with Gasteiger partial charge in [0.1, 0.15) is 0 Å². The maximum absolute atomic E-state index is 10.6. The second-order valence-corrected chi connectivity index (χ2v) is 4.46. The quantitative estimate of drug-likeness (QED) is 0.895. The van der Waals surface area contributed by atoms with Gasteiger partial charge in [-0.2, -0.15) is 0 Å². The third kappa shape index (κ3) is 2.66. The highest BCUT2D eigenvalue weighted by molar-refractivity contribution is 5.71. The highest BCUT2D eigenvalue weighted by Crippen LogP contribution is 2.35. The summed E-state index contributed by atoms with van der Waals surface area (Å²) in [7, 11) is 0. The molecule has 0 aromatic heterocycles. The molecule has 0 unspecified atom stereocenters. The molecule has 0 amide bonds. The largest absolute Gasteiger partial charge is 0.481 e. The van der Waals surface area contributed by atoms with Gasteiger partial charge in [-0.25, -0.2) is 0 Å². The fraction of sp³-hybridized carbons (Fsp3) is 0.133. The molecule has 0 spiro atoms. The number of anilines is 2. The minimum Gasteiger partial charge on any atom is -0.481 e. The van der Waals surface area contributed by atoms with Crippen LogP contribution >= 0.6 is 0 Å². The van der Waals surface area contributed by atoms with Crippen molar-refractivity contribution < 1.29 is 19.4 Å². The summed E-state index contributed by atoms with van der Waals surface area (Å²) in [4.78, 5) is 10.6. The number of hydrogen-bond donors (Lipinski definition) is 2. The summed E-state index contributed by atoms with van der Waals surface area (Å²) in [6, 6.07) is 12.9. The van der Waals surface area contributed by atoms with Gasteiger partial charge in [-0.15, -0.1) is 0 Å². The zero-order chi connectivity index (χ0) is 13.9. The zero-order valence-electron chi connectivity index (χ0n) is 10.6. The summed E-state index contributed by atoms with van der Waals surface area (Å²) in [5.74, 6) is 0.631. The molecule has 5 heteroatoms. The van der Waals surface area contributed by atoms with Crippen molar-refractivity contribution in [2.75, 3.05) is 12.1 Å². The lowest BCUT2D eigenvalue weighted by Crippen LogP contribution is -1.99. The van der Waals surface area contributed by atoms with Crippen LogP contribution in [0.2, 0.25) is 0 Å². The van der Waals surface area contributed by atoms with Crippen LogP contribution in [0, 0.1) is 0 Å². The fourth-order valence-corrected chi connectivity index (χ4v) is 2.02. The molecule has 0 aliphatic carbocycles. The molecule has 20 heavy (non-hydrogen) atoms. The number of aliphatic carboxylic acids is 1. The van der Waals surface area contributed by atoms with Gasteiger partial charge >= 0.3 is 5.97 Å². The van der Waals surface area contributed by atoms with Crippen molar-refractivity contribution in [2.45, 2.75) is 6.42 Å². The third-order valence-electron chi connectivity index (χ3n) is 2.97. The number of nitrogens with one attached hydrogen (secondary N) is 1. The molecule has 1 aliphatic heterocycles. The maximum atomic E-state index is 10.6. The number of ether oxygens (including phenoxy) is 2. The molecular formula is C15H13NO4. The van der Waals surface area contributed by atoms with Gasteiger partial charge in [0, 0.05) is 17.4 Å². The molecule has 2 N–H and O–H groups in total. The van der Waals surface area contributed by atoms with Crippen LogP contribution in [0.1, 0.15) is 5.56 Å². The van der Waals surface area contributed by atoms with Gasteiger partial charge in [0.05, 0.1) is 6.42 Å². The number of benzene rings is 2. The van der Waals surface area contributed by atoms with Gasteiger partial charge in [-0.05, 0) is 29.8 Å². The molecule has 1 heterocycles. The van der Waals surface area contributed by atoms with Gasteiger partial charge in [-0.1, -0.05) is 12.1 Å². The number of rotatable bonds is 4. The Morgan fingerprint density at radius 3 is 2.50 bits per heavy atom.